The van der Waals surface area contributed by atoms with Crippen molar-refractivity contribution >= 4 is 15.9 Å². The van der Waals surface area contributed by atoms with E-state index in [4.69, 9.17) is 10.9 Å². The Labute approximate surface area is 124 Å². The van der Waals surface area contributed by atoms with Crippen molar-refractivity contribution in [3.8, 4) is 0 Å². The first-order valence-electron chi connectivity index (χ1n) is 6.87. The maximum Gasteiger partial charge on any atom is 0.214 e. The lowest BCUT2D eigenvalue weighted by molar-refractivity contribution is 0.291. The van der Waals surface area contributed by atoms with Gasteiger partial charge < -0.3 is 10.9 Å². The molecule has 8 heteroatoms. The highest BCUT2D eigenvalue weighted by Crippen LogP contribution is 2.20. The summed E-state index contributed by atoms with van der Waals surface area (Å²) in [6, 6.07) is 3.64. The number of hydrogen-bond donors (Lipinski definition) is 2. The smallest absolute Gasteiger partial charge is 0.214 e. The average molecular weight is 312 g/mol. The van der Waals surface area contributed by atoms with Crippen LogP contribution < -0.4 is 5.73 Å². The third-order valence-electron chi connectivity index (χ3n) is 3.78. The third-order valence-corrected chi connectivity index (χ3v) is 5.65. The van der Waals surface area contributed by atoms with Gasteiger partial charge in [-0.1, -0.05) is 5.16 Å². The Balaban J connectivity index is 1.89. The summed E-state index contributed by atoms with van der Waals surface area (Å²) in [5.74, 6) is 0.233. The van der Waals surface area contributed by atoms with Gasteiger partial charge >= 0.3 is 0 Å². The monoisotopic (exact) mass is 312 g/mol. The number of rotatable bonds is 5. The molecule has 0 aromatic carbocycles. The molecular weight excluding hydrogens is 292 g/mol. The van der Waals surface area contributed by atoms with E-state index in [1.165, 1.54) is 4.31 Å². The summed E-state index contributed by atoms with van der Waals surface area (Å²) in [6.45, 7) is 0.832. The molecule has 0 saturated carbocycles. The van der Waals surface area contributed by atoms with E-state index in [1.54, 1.807) is 12.4 Å². The number of aromatic nitrogens is 1. The van der Waals surface area contributed by atoms with E-state index >= 15 is 0 Å². The van der Waals surface area contributed by atoms with Gasteiger partial charge in [-0.15, -0.1) is 0 Å². The number of sulfonamides is 1. The molecular formula is C13H20N4O3S. The molecule has 1 aromatic heterocycles. The molecule has 0 atom stereocenters. The molecule has 0 spiro atoms. The van der Waals surface area contributed by atoms with Crippen LogP contribution in [0.5, 0.6) is 0 Å². The Hall–Kier alpha value is -1.67. The van der Waals surface area contributed by atoms with Crippen molar-refractivity contribution in [2.75, 3.05) is 18.8 Å². The molecule has 7 nitrogen and oxygen atoms in total. The predicted octanol–water partition coefficient (Wildman–Crippen LogP) is 0.412. The largest absolute Gasteiger partial charge is 0.409 e. The molecule has 1 aliphatic heterocycles. The fraction of sp³-hybridized carbons (Fsp3) is 0.538. The topological polar surface area (TPSA) is 109 Å². The van der Waals surface area contributed by atoms with Crippen molar-refractivity contribution in [3.05, 3.63) is 30.1 Å². The minimum Gasteiger partial charge on any atom is -0.409 e. The fourth-order valence-electron chi connectivity index (χ4n) is 2.44. The van der Waals surface area contributed by atoms with Gasteiger partial charge in [-0.05, 0) is 37.0 Å². The molecule has 2 rings (SSSR count). The van der Waals surface area contributed by atoms with Crippen LogP contribution in [0, 0.1) is 5.92 Å². The summed E-state index contributed by atoms with van der Waals surface area (Å²) >= 11 is 0. The van der Waals surface area contributed by atoms with Crippen LogP contribution in [0.3, 0.4) is 0 Å². The van der Waals surface area contributed by atoms with Crippen LogP contribution in [0.4, 0.5) is 0 Å². The summed E-state index contributed by atoms with van der Waals surface area (Å²) in [4.78, 5) is 3.91. The summed E-state index contributed by atoms with van der Waals surface area (Å²) in [7, 11) is -3.27. The van der Waals surface area contributed by atoms with Crippen molar-refractivity contribution < 1.29 is 13.6 Å². The van der Waals surface area contributed by atoms with Gasteiger partial charge in [0, 0.05) is 31.4 Å². The number of hydrogen-bond acceptors (Lipinski definition) is 5. The van der Waals surface area contributed by atoms with Gasteiger partial charge in [-0.25, -0.2) is 12.7 Å². The van der Waals surface area contributed by atoms with E-state index in [0.717, 1.165) is 5.56 Å². The van der Waals surface area contributed by atoms with E-state index < -0.39 is 10.0 Å². The van der Waals surface area contributed by atoms with E-state index in [9.17, 15) is 8.42 Å². The maximum absolute atomic E-state index is 12.3. The minimum atomic E-state index is -3.27. The van der Waals surface area contributed by atoms with Crippen molar-refractivity contribution in [3.63, 3.8) is 0 Å². The van der Waals surface area contributed by atoms with E-state index in [-0.39, 0.29) is 17.5 Å². The SMILES string of the molecule is NC(=NO)C1CCN(S(=O)(=O)CCc2ccncc2)CC1. The first-order chi connectivity index (χ1) is 10.0. The zero-order chi connectivity index (χ0) is 15.3. The summed E-state index contributed by atoms with van der Waals surface area (Å²) in [5, 5.41) is 11.6. The number of nitrogens with zero attached hydrogens (tertiary/aromatic N) is 3. The summed E-state index contributed by atoms with van der Waals surface area (Å²) in [6.07, 6.45) is 4.97. The lowest BCUT2D eigenvalue weighted by Crippen LogP contribution is -2.42. The van der Waals surface area contributed by atoms with Gasteiger partial charge in [-0.2, -0.15) is 0 Å². The van der Waals surface area contributed by atoms with Gasteiger partial charge in [0.05, 0.1) is 5.75 Å². The molecule has 2 heterocycles. The number of pyridine rings is 1. The molecule has 0 amide bonds. The minimum absolute atomic E-state index is 0.0401. The molecule has 0 aliphatic carbocycles. The highest BCUT2D eigenvalue weighted by Gasteiger charge is 2.29. The first-order valence-corrected chi connectivity index (χ1v) is 8.48. The molecule has 21 heavy (non-hydrogen) atoms. The second kappa shape index (κ2) is 6.86. The predicted molar refractivity (Wildman–Crippen MR) is 79.4 cm³/mol. The van der Waals surface area contributed by atoms with Gasteiger partial charge in [0.2, 0.25) is 10.0 Å². The van der Waals surface area contributed by atoms with Crippen molar-refractivity contribution in [2.45, 2.75) is 19.3 Å². The van der Waals surface area contributed by atoms with Crippen LogP contribution in [0.25, 0.3) is 0 Å². The van der Waals surface area contributed by atoms with Crippen LogP contribution >= 0.6 is 0 Å². The highest BCUT2D eigenvalue weighted by atomic mass is 32.2. The highest BCUT2D eigenvalue weighted by molar-refractivity contribution is 7.89. The van der Waals surface area contributed by atoms with E-state index in [1.807, 2.05) is 12.1 Å². The third kappa shape index (κ3) is 4.15. The molecule has 0 bridgehead atoms. The maximum atomic E-state index is 12.3. The number of aryl methyl sites for hydroxylation is 1. The first kappa shape index (κ1) is 15.7. The molecule has 1 aromatic rings. The summed E-state index contributed by atoms with van der Waals surface area (Å²) < 4.78 is 26.1. The molecule has 0 unspecified atom stereocenters. The molecule has 0 radical (unpaired) electrons. The number of nitrogens with two attached hydrogens (primary N) is 1. The lowest BCUT2D eigenvalue weighted by Gasteiger charge is -2.30. The molecule has 116 valence electrons. The Morgan fingerprint density at radius 2 is 2.00 bits per heavy atom. The zero-order valence-corrected chi connectivity index (χ0v) is 12.5. The van der Waals surface area contributed by atoms with Crippen LogP contribution in [0.15, 0.2) is 29.7 Å². The van der Waals surface area contributed by atoms with Crippen LogP contribution in [-0.4, -0.2) is 47.6 Å². The van der Waals surface area contributed by atoms with Crippen molar-refractivity contribution in [1.82, 2.24) is 9.29 Å². The Kier molecular flexibility index (Phi) is 5.13. The molecule has 3 N–H and O–H groups in total. The molecule has 1 fully saturated rings. The zero-order valence-electron chi connectivity index (χ0n) is 11.7. The normalized spacial score (nSPS) is 18.8. The Morgan fingerprint density at radius 3 is 2.57 bits per heavy atom. The average Bonchev–Trinajstić information content (AvgIpc) is 2.53. The van der Waals surface area contributed by atoms with Crippen LogP contribution in [-0.2, 0) is 16.4 Å². The molecule has 1 saturated heterocycles. The second-order valence-corrected chi connectivity index (χ2v) is 7.21. The second-order valence-electron chi connectivity index (χ2n) is 5.12. The van der Waals surface area contributed by atoms with Gasteiger partial charge in [0.15, 0.2) is 0 Å². The lowest BCUT2D eigenvalue weighted by atomic mass is 9.97. The fourth-order valence-corrected chi connectivity index (χ4v) is 3.96. The van der Waals surface area contributed by atoms with Gasteiger partial charge in [-0.3, -0.25) is 4.98 Å². The molecule has 1 aliphatic rings. The van der Waals surface area contributed by atoms with Gasteiger partial charge in [0.1, 0.15) is 5.84 Å². The number of oxime groups is 1. The van der Waals surface area contributed by atoms with Gasteiger partial charge in [0.25, 0.3) is 0 Å². The van der Waals surface area contributed by atoms with Crippen molar-refractivity contribution in [1.29, 1.82) is 0 Å². The Bertz CT molecular complexity index is 581. The van der Waals surface area contributed by atoms with Crippen LogP contribution in [0.1, 0.15) is 18.4 Å². The quantitative estimate of drug-likeness (QED) is 0.354. The van der Waals surface area contributed by atoms with E-state index in [2.05, 4.69) is 10.1 Å². The van der Waals surface area contributed by atoms with Crippen molar-refractivity contribution in [2.24, 2.45) is 16.8 Å². The van der Waals surface area contributed by atoms with Crippen LogP contribution in [0.2, 0.25) is 0 Å². The summed E-state index contributed by atoms with van der Waals surface area (Å²) in [5.41, 5.74) is 6.52. The number of amidine groups is 1. The number of piperidine rings is 1. The Morgan fingerprint density at radius 1 is 1.38 bits per heavy atom. The van der Waals surface area contributed by atoms with E-state index in [0.29, 0.717) is 32.4 Å². The standard InChI is InChI=1S/C13H20N4O3S/c14-13(16-18)12-3-8-17(9-4-12)21(19,20)10-5-11-1-6-15-7-2-11/h1-2,6-7,12,18H,3-5,8-10H2,(H2,14,16).